The number of amides is 1. The summed E-state index contributed by atoms with van der Waals surface area (Å²) >= 11 is 1.52. The summed E-state index contributed by atoms with van der Waals surface area (Å²) in [5, 5.41) is 7.58. The summed E-state index contributed by atoms with van der Waals surface area (Å²) in [5.41, 5.74) is 6.73. The summed E-state index contributed by atoms with van der Waals surface area (Å²) < 4.78 is 6.17. The molecule has 1 amide bonds. The molecule has 0 aliphatic carbocycles. The molecule has 0 atom stereocenters. The number of aryl methyl sites for hydroxylation is 1. The molecule has 4 rings (SSSR count). The zero-order valence-corrected chi connectivity index (χ0v) is 18.1. The van der Waals surface area contributed by atoms with Gasteiger partial charge in [0, 0.05) is 5.69 Å². The molecule has 0 saturated carbocycles. The van der Waals surface area contributed by atoms with Gasteiger partial charge in [0.1, 0.15) is 0 Å². The maximum absolute atomic E-state index is 12.2. The molecular formula is C24H20N4O3S. The third kappa shape index (κ3) is 5.55. The van der Waals surface area contributed by atoms with E-state index in [-0.39, 0.29) is 6.61 Å². The fraction of sp³-hybridized carbons (Fsp3) is 0.0833. The van der Waals surface area contributed by atoms with Gasteiger partial charge in [0.2, 0.25) is 5.13 Å². The summed E-state index contributed by atoms with van der Waals surface area (Å²) in [7, 11) is 0. The van der Waals surface area contributed by atoms with Gasteiger partial charge in [-0.05, 0) is 48.9 Å². The topological polar surface area (TPSA) is 92.7 Å². The van der Waals surface area contributed by atoms with Crippen molar-refractivity contribution in [1.82, 2.24) is 4.98 Å². The predicted octanol–water partition coefficient (Wildman–Crippen LogP) is 4.85. The van der Waals surface area contributed by atoms with E-state index in [9.17, 15) is 9.59 Å². The maximum atomic E-state index is 12.2. The number of ether oxygens (including phenoxy) is 1. The van der Waals surface area contributed by atoms with E-state index in [1.54, 1.807) is 42.6 Å². The summed E-state index contributed by atoms with van der Waals surface area (Å²) in [6, 6.07) is 22.0. The quantitative estimate of drug-likeness (QED) is 0.242. The first kappa shape index (κ1) is 21.2. The van der Waals surface area contributed by atoms with Gasteiger partial charge in [-0.15, -0.1) is 0 Å². The van der Waals surface area contributed by atoms with Crippen molar-refractivity contribution in [2.24, 2.45) is 5.10 Å². The number of para-hydroxylation sites is 1. The first-order valence-electron chi connectivity index (χ1n) is 9.85. The standard InChI is InChI=1S/C24H20N4O3S/c1-16-6-12-19(13-7-16)26-22(29)15-31-23(30)18-10-8-17(9-11-18)14-25-28-24-27-20-4-2-3-5-21(20)32-24/h2-14H,15H2,1H3,(H,26,29)(H,27,28)/b25-14+. The van der Waals surface area contributed by atoms with Crippen LogP contribution in [0.2, 0.25) is 0 Å². The van der Waals surface area contributed by atoms with Crippen LogP contribution in [0.15, 0.2) is 77.9 Å². The van der Waals surface area contributed by atoms with E-state index in [0.717, 1.165) is 21.3 Å². The third-order valence-corrected chi connectivity index (χ3v) is 5.42. The van der Waals surface area contributed by atoms with E-state index >= 15 is 0 Å². The van der Waals surface area contributed by atoms with E-state index in [1.807, 2.05) is 43.3 Å². The molecule has 1 heterocycles. The highest BCUT2D eigenvalue weighted by molar-refractivity contribution is 7.22. The van der Waals surface area contributed by atoms with Gasteiger partial charge in [0.25, 0.3) is 5.91 Å². The number of esters is 1. The van der Waals surface area contributed by atoms with Gasteiger partial charge < -0.3 is 10.1 Å². The number of carbonyl (C=O) groups is 2. The Hall–Kier alpha value is -4.04. The molecule has 7 nitrogen and oxygen atoms in total. The van der Waals surface area contributed by atoms with Gasteiger partial charge >= 0.3 is 5.97 Å². The largest absolute Gasteiger partial charge is 0.452 e. The lowest BCUT2D eigenvalue weighted by atomic mass is 10.1. The smallest absolute Gasteiger partial charge is 0.338 e. The molecule has 0 aliphatic rings. The Bertz CT molecular complexity index is 1230. The molecule has 32 heavy (non-hydrogen) atoms. The third-order valence-electron chi connectivity index (χ3n) is 4.48. The SMILES string of the molecule is Cc1ccc(NC(=O)COC(=O)c2ccc(/C=N/Nc3nc4ccccc4s3)cc2)cc1. The van der Waals surface area contributed by atoms with Crippen molar-refractivity contribution in [3.63, 3.8) is 0 Å². The molecule has 1 aromatic heterocycles. The molecule has 4 aromatic rings. The average molecular weight is 445 g/mol. The molecular weight excluding hydrogens is 424 g/mol. The second-order valence-corrected chi connectivity index (χ2v) is 8.00. The van der Waals surface area contributed by atoms with Crippen molar-refractivity contribution >= 4 is 50.5 Å². The second-order valence-electron chi connectivity index (χ2n) is 6.97. The molecule has 3 aromatic carbocycles. The average Bonchev–Trinajstić information content (AvgIpc) is 3.22. The molecule has 160 valence electrons. The summed E-state index contributed by atoms with van der Waals surface area (Å²) in [5.74, 6) is -0.966. The number of aromatic nitrogens is 1. The van der Waals surface area contributed by atoms with Gasteiger partial charge in [0.15, 0.2) is 6.61 Å². The Labute approximate surface area is 188 Å². The van der Waals surface area contributed by atoms with Crippen molar-refractivity contribution in [3.8, 4) is 0 Å². The number of hydrazone groups is 1. The van der Waals surface area contributed by atoms with Gasteiger partial charge in [-0.1, -0.05) is 53.3 Å². The van der Waals surface area contributed by atoms with Crippen LogP contribution < -0.4 is 10.7 Å². The lowest BCUT2D eigenvalue weighted by Gasteiger charge is -2.07. The van der Waals surface area contributed by atoms with Crippen LogP contribution in [0.25, 0.3) is 10.2 Å². The molecule has 0 radical (unpaired) electrons. The van der Waals surface area contributed by atoms with Gasteiger partial charge in [-0.3, -0.25) is 10.2 Å². The van der Waals surface area contributed by atoms with Crippen molar-refractivity contribution in [3.05, 3.63) is 89.5 Å². The van der Waals surface area contributed by atoms with Crippen LogP contribution in [-0.2, 0) is 9.53 Å². The number of benzene rings is 3. The van der Waals surface area contributed by atoms with Gasteiger partial charge in [-0.25, -0.2) is 9.78 Å². The van der Waals surface area contributed by atoms with E-state index in [4.69, 9.17) is 4.74 Å². The van der Waals surface area contributed by atoms with Crippen molar-refractivity contribution in [2.75, 3.05) is 17.3 Å². The monoisotopic (exact) mass is 444 g/mol. The Balaban J connectivity index is 1.26. The highest BCUT2D eigenvalue weighted by Gasteiger charge is 2.10. The maximum Gasteiger partial charge on any atom is 0.338 e. The van der Waals surface area contributed by atoms with Crippen LogP contribution in [0.1, 0.15) is 21.5 Å². The fourth-order valence-corrected chi connectivity index (χ4v) is 3.65. The molecule has 0 bridgehead atoms. The molecule has 8 heteroatoms. The zero-order chi connectivity index (χ0) is 22.3. The highest BCUT2D eigenvalue weighted by atomic mass is 32.1. The molecule has 0 saturated heterocycles. The van der Waals surface area contributed by atoms with E-state index in [2.05, 4.69) is 20.8 Å². The number of anilines is 2. The van der Waals surface area contributed by atoms with E-state index in [1.165, 1.54) is 11.3 Å². The van der Waals surface area contributed by atoms with Crippen LogP contribution in [0.3, 0.4) is 0 Å². The van der Waals surface area contributed by atoms with Crippen LogP contribution in [0.4, 0.5) is 10.8 Å². The Morgan fingerprint density at radius 3 is 2.53 bits per heavy atom. The Morgan fingerprint density at radius 1 is 1.03 bits per heavy atom. The first-order valence-corrected chi connectivity index (χ1v) is 10.7. The van der Waals surface area contributed by atoms with Crippen LogP contribution >= 0.6 is 11.3 Å². The lowest BCUT2D eigenvalue weighted by molar-refractivity contribution is -0.119. The molecule has 0 fully saturated rings. The lowest BCUT2D eigenvalue weighted by Crippen LogP contribution is -2.20. The number of rotatable bonds is 7. The van der Waals surface area contributed by atoms with Crippen molar-refractivity contribution in [2.45, 2.75) is 6.92 Å². The minimum Gasteiger partial charge on any atom is -0.452 e. The minimum atomic E-state index is -0.569. The molecule has 0 unspecified atom stereocenters. The Kier molecular flexibility index (Phi) is 6.52. The van der Waals surface area contributed by atoms with Crippen LogP contribution in [0.5, 0.6) is 0 Å². The number of carbonyl (C=O) groups excluding carboxylic acids is 2. The highest BCUT2D eigenvalue weighted by Crippen LogP contribution is 2.25. The summed E-state index contributed by atoms with van der Waals surface area (Å²) in [6.45, 7) is 1.60. The zero-order valence-electron chi connectivity index (χ0n) is 17.2. The van der Waals surface area contributed by atoms with E-state index < -0.39 is 11.9 Å². The normalized spacial score (nSPS) is 10.9. The number of hydrogen-bond donors (Lipinski definition) is 2. The van der Waals surface area contributed by atoms with Crippen LogP contribution in [-0.4, -0.2) is 29.7 Å². The number of hydrogen-bond acceptors (Lipinski definition) is 7. The van der Waals surface area contributed by atoms with Crippen molar-refractivity contribution in [1.29, 1.82) is 0 Å². The van der Waals surface area contributed by atoms with E-state index in [0.29, 0.717) is 16.4 Å². The second kappa shape index (κ2) is 9.84. The number of fused-ring (bicyclic) bond motifs is 1. The summed E-state index contributed by atoms with van der Waals surface area (Å²) in [4.78, 5) is 28.6. The summed E-state index contributed by atoms with van der Waals surface area (Å²) in [6.07, 6.45) is 1.64. The number of nitrogens with zero attached hydrogens (tertiary/aromatic N) is 2. The van der Waals surface area contributed by atoms with Gasteiger partial charge in [-0.2, -0.15) is 5.10 Å². The molecule has 0 aliphatic heterocycles. The Morgan fingerprint density at radius 2 is 1.78 bits per heavy atom. The predicted molar refractivity (Wildman–Crippen MR) is 127 cm³/mol. The number of nitrogens with one attached hydrogen (secondary N) is 2. The van der Waals surface area contributed by atoms with Gasteiger partial charge in [0.05, 0.1) is 22.0 Å². The minimum absolute atomic E-state index is 0.351. The molecule has 0 spiro atoms. The fourth-order valence-electron chi connectivity index (χ4n) is 2.84. The first-order chi connectivity index (χ1) is 15.6. The van der Waals surface area contributed by atoms with Crippen LogP contribution in [0, 0.1) is 6.92 Å². The number of thiazole rings is 1. The molecule has 2 N–H and O–H groups in total. The van der Waals surface area contributed by atoms with Crippen molar-refractivity contribution < 1.29 is 14.3 Å².